The number of carbonyl (C=O) groups is 1. The highest BCUT2D eigenvalue weighted by Crippen LogP contribution is 2.30. The SMILES string of the molecule is CN1c2ccc([N+](=O)[O-])cc2CCCC1C=O. The lowest BCUT2D eigenvalue weighted by atomic mass is 10.1. The van der Waals surface area contributed by atoms with Crippen LogP contribution in [0.15, 0.2) is 18.2 Å². The van der Waals surface area contributed by atoms with Gasteiger partial charge in [-0.05, 0) is 30.9 Å². The van der Waals surface area contributed by atoms with Crippen LogP contribution < -0.4 is 4.90 Å². The van der Waals surface area contributed by atoms with E-state index >= 15 is 0 Å². The summed E-state index contributed by atoms with van der Waals surface area (Å²) < 4.78 is 0. The summed E-state index contributed by atoms with van der Waals surface area (Å²) in [6, 6.07) is 4.70. The Hall–Kier alpha value is -1.91. The average molecular weight is 234 g/mol. The summed E-state index contributed by atoms with van der Waals surface area (Å²) in [4.78, 5) is 23.2. The molecule has 90 valence electrons. The first-order valence-corrected chi connectivity index (χ1v) is 5.59. The third kappa shape index (κ3) is 2.13. The maximum absolute atomic E-state index is 11.0. The second-order valence-corrected chi connectivity index (χ2v) is 4.28. The molecule has 0 N–H and O–H groups in total. The number of nitro benzene ring substituents is 1. The molecule has 1 aliphatic heterocycles. The van der Waals surface area contributed by atoms with Crippen molar-refractivity contribution in [3.8, 4) is 0 Å². The summed E-state index contributed by atoms with van der Waals surface area (Å²) in [5.41, 5.74) is 1.98. The molecule has 1 aromatic rings. The van der Waals surface area contributed by atoms with Crippen molar-refractivity contribution in [2.45, 2.75) is 25.3 Å². The van der Waals surface area contributed by atoms with Crippen LogP contribution in [-0.2, 0) is 11.2 Å². The Morgan fingerprint density at radius 3 is 2.94 bits per heavy atom. The zero-order chi connectivity index (χ0) is 12.4. The monoisotopic (exact) mass is 234 g/mol. The summed E-state index contributed by atoms with van der Waals surface area (Å²) >= 11 is 0. The minimum absolute atomic E-state index is 0.113. The Kier molecular flexibility index (Phi) is 3.08. The lowest BCUT2D eigenvalue weighted by Gasteiger charge is -2.24. The van der Waals surface area contributed by atoms with Crippen molar-refractivity contribution in [1.82, 2.24) is 0 Å². The van der Waals surface area contributed by atoms with Gasteiger partial charge in [0.25, 0.3) is 5.69 Å². The van der Waals surface area contributed by atoms with Crippen molar-refractivity contribution in [2.75, 3.05) is 11.9 Å². The molecule has 0 amide bonds. The predicted octanol–water partition coefficient (Wildman–Crippen LogP) is 1.93. The van der Waals surface area contributed by atoms with E-state index in [1.165, 1.54) is 6.07 Å². The van der Waals surface area contributed by atoms with Gasteiger partial charge in [-0.25, -0.2) is 0 Å². The van der Waals surface area contributed by atoms with Crippen molar-refractivity contribution < 1.29 is 9.72 Å². The van der Waals surface area contributed by atoms with Crippen LogP contribution in [0.25, 0.3) is 0 Å². The molecule has 0 bridgehead atoms. The Morgan fingerprint density at radius 2 is 2.29 bits per heavy atom. The summed E-state index contributed by atoms with van der Waals surface area (Å²) in [5, 5.41) is 10.7. The van der Waals surface area contributed by atoms with Gasteiger partial charge >= 0.3 is 0 Å². The van der Waals surface area contributed by atoms with Crippen LogP contribution in [0.5, 0.6) is 0 Å². The third-order valence-corrected chi connectivity index (χ3v) is 3.25. The van der Waals surface area contributed by atoms with Crippen molar-refractivity contribution in [3.63, 3.8) is 0 Å². The molecule has 0 aliphatic carbocycles. The van der Waals surface area contributed by atoms with Crippen molar-refractivity contribution in [3.05, 3.63) is 33.9 Å². The fourth-order valence-corrected chi connectivity index (χ4v) is 2.26. The molecule has 2 rings (SSSR count). The Bertz CT molecular complexity index is 459. The van der Waals surface area contributed by atoms with E-state index in [1.807, 2.05) is 11.9 Å². The second-order valence-electron chi connectivity index (χ2n) is 4.28. The van der Waals surface area contributed by atoms with E-state index in [1.54, 1.807) is 12.1 Å². The summed E-state index contributed by atoms with van der Waals surface area (Å²) in [6.07, 6.45) is 3.40. The van der Waals surface area contributed by atoms with Crippen LogP contribution in [0.2, 0.25) is 0 Å². The highest BCUT2D eigenvalue weighted by atomic mass is 16.6. The lowest BCUT2D eigenvalue weighted by Crippen LogP contribution is -2.32. The van der Waals surface area contributed by atoms with Crippen LogP contribution in [0, 0.1) is 10.1 Å². The molecule has 0 aromatic heterocycles. The number of benzene rings is 1. The topological polar surface area (TPSA) is 63.4 Å². The summed E-state index contributed by atoms with van der Waals surface area (Å²) in [6.45, 7) is 0. The molecular weight excluding hydrogens is 220 g/mol. The van der Waals surface area contributed by atoms with Gasteiger partial charge in [0.15, 0.2) is 0 Å². The molecule has 5 nitrogen and oxygen atoms in total. The van der Waals surface area contributed by atoms with Crippen LogP contribution in [0.3, 0.4) is 0 Å². The molecule has 0 spiro atoms. The molecule has 1 aliphatic rings. The van der Waals surface area contributed by atoms with E-state index in [4.69, 9.17) is 0 Å². The van der Waals surface area contributed by atoms with Gasteiger partial charge in [-0.1, -0.05) is 0 Å². The number of hydrogen-bond acceptors (Lipinski definition) is 4. The lowest BCUT2D eigenvalue weighted by molar-refractivity contribution is -0.384. The van der Waals surface area contributed by atoms with E-state index in [-0.39, 0.29) is 16.7 Å². The zero-order valence-corrected chi connectivity index (χ0v) is 9.63. The summed E-state index contributed by atoms with van der Waals surface area (Å²) in [7, 11) is 1.86. The van der Waals surface area contributed by atoms with Crippen molar-refractivity contribution >= 4 is 17.7 Å². The molecule has 1 heterocycles. The number of rotatable bonds is 2. The van der Waals surface area contributed by atoms with Gasteiger partial charge in [-0.15, -0.1) is 0 Å². The molecule has 17 heavy (non-hydrogen) atoms. The zero-order valence-electron chi connectivity index (χ0n) is 9.63. The van der Waals surface area contributed by atoms with Gasteiger partial charge in [-0.2, -0.15) is 0 Å². The highest BCUT2D eigenvalue weighted by molar-refractivity contribution is 5.69. The van der Waals surface area contributed by atoms with Gasteiger partial charge in [0.1, 0.15) is 6.29 Å². The molecule has 1 unspecified atom stereocenters. The quantitative estimate of drug-likeness (QED) is 0.445. The number of aryl methyl sites for hydroxylation is 1. The molecule has 1 atom stereocenters. The maximum atomic E-state index is 11.0. The number of hydrogen-bond donors (Lipinski definition) is 0. The van der Waals surface area contributed by atoms with Crippen LogP contribution in [0.4, 0.5) is 11.4 Å². The number of carbonyl (C=O) groups excluding carboxylic acids is 1. The normalized spacial score (nSPS) is 19.4. The van der Waals surface area contributed by atoms with E-state index < -0.39 is 0 Å². The maximum Gasteiger partial charge on any atom is 0.269 e. The molecule has 0 saturated carbocycles. The Morgan fingerprint density at radius 1 is 1.53 bits per heavy atom. The first-order valence-electron chi connectivity index (χ1n) is 5.59. The van der Waals surface area contributed by atoms with E-state index in [0.717, 1.165) is 36.8 Å². The first kappa shape index (κ1) is 11.6. The molecule has 0 saturated heterocycles. The number of nitro groups is 1. The minimum Gasteiger partial charge on any atom is -0.365 e. The summed E-state index contributed by atoms with van der Waals surface area (Å²) in [5.74, 6) is 0. The van der Waals surface area contributed by atoms with Crippen LogP contribution >= 0.6 is 0 Å². The van der Waals surface area contributed by atoms with Gasteiger partial charge in [-0.3, -0.25) is 10.1 Å². The van der Waals surface area contributed by atoms with Crippen LogP contribution in [-0.4, -0.2) is 24.3 Å². The van der Waals surface area contributed by atoms with E-state index in [0.29, 0.717) is 0 Å². The third-order valence-electron chi connectivity index (χ3n) is 3.25. The van der Waals surface area contributed by atoms with Gasteiger partial charge in [0.2, 0.25) is 0 Å². The number of aldehydes is 1. The average Bonchev–Trinajstić information content (AvgIpc) is 2.48. The predicted molar refractivity (Wildman–Crippen MR) is 64.3 cm³/mol. The van der Waals surface area contributed by atoms with Crippen molar-refractivity contribution in [2.24, 2.45) is 0 Å². The van der Waals surface area contributed by atoms with Gasteiger partial charge in [0, 0.05) is 24.9 Å². The minimum atomic E-state index is -0.387. The fraction of sp³-hybridized carbons (Fsp3) is 0.417. The highest BCUT2D eigenvalue weighted by Gasteiger charge is 2.22. The molecule has 0 fully saturated rings. The largest absolute Gasteiger partial charge is 0.365 e. The molecule has 1 aromatic carbocycles. The molecular formula is C12H14N2O3. The smallest absolute Gasteiger partial charge is 0.269 e. The molecule has 0 radical (unpaired) electrons. The number of fused-ring (bicyclic) bond motifs is 1. The van der Waals surface area contributed by atoms with Gasteiger partial charge < -0.3 is 9.69 Å². The Balaban J connectivity index is 2.43. The second kappa shape index (κ2) is 4.53. The van der Waals surface area contributed by atoms with Crippen LogP contribution in [0.1, 0.15) is 18.4 Å². The van der Waals surface area contributed by atoms with Gasteiger partial charge in [0.05, 0.1) is 11.0 Å². The number of anilines is 1. The number of non-ortho nitro benzene ring substituents is 1. The first-order chi connectivity index (χ1) is 8.13. The van der Waals surface area contributed by atoms with E-state index in [9.17, 15) is 14.9 Å². The van der Waals surface area contributed by atoms with Crippen molar-refractivity contribution in [1.29, 1.82) is 0 Å². The number of likely N-dealkylation sites (N-methyl/N-ethyl adjacent to an activating group) is 1. The van der Waals surface area contributed by atoms with E-state index in [2.05, 4.69) is 0 Å². The number of nitrogens with zero attached hydrogens (tertiary/aromatic N) is 2. The fourth-order valence-electron chi connectivity index (χ4n) is 2.26. The standard InChI is InChI=1S/C12H14N2O3/c1-13-11(8-15)4-2-3-9-7-10(14(16)17)5-6-12(9)13/h5-8,11H,2-4H2,1H3. The Labute approximate surface area is 99.2 Å². The molecule has 5 heteroatoms.